The topological polar surface area (TPSA) is 15.3 Å². The van der Waals surface area contributed by atoms with Crippen LogP contribution in [0.3, 0.4) is 0 Å². The van der Waals surface area contributed by atoms with Crippen LogP contribution in [-0.2, 0) is 0 Å². The fourth-order valence-corrected chi connectivity index (χ4v) is 2.18. The van der Waals surface area contributed by atoms with Crippen molar-refractivity contribution >= 4 is 24.8 Å². The molecule has 1 aliphatic rings. The third-order valence-electron chi connectivity index (χ3n) is 3.07. The first-order valence-corrected chi connectivity index (χ1v) is 5.75. The van der Waals surface area contributed by atoms with Crippen molar-refractivity contribution in [3.63, 3.8) is 0 Å². The summed E-state index contributed by atoms with van der Waals surface area (Å²) >= 11 is 0. The van der Waals surface area contributed by atoms with Gasteiger partial charge in [-0.05, 0) is 6.07 Å². The normalized spacial score (nSPS) is 16.9. The average molecular weight is 311 g/mol. The highest BCUT2D eigenvalue weighted by Crippen LogP contribution is 2.25. The number of halogens is 4. The lowest BCUT2D eigenvalue weighted by molar-refractivity contribution is 0.199. The summed E-state index contributed by atoms with van der Waals surface area (Å²) in [6, 6.07) is 4.03. The molecule has 108 valence electrons. The highest BCUT2D eigenvalue weighted by Gasteiger charge is 2.23. The molecule has 1 fully saturated rings. The lowest BCUT2D eigenvalue weighted by atomic mass is 10.0. The van der Waals surface area contributed by atoms with Gasteiger partial charge in [0.1, 0.15) is 0 Å². The first-order valence-electron chi connectivity index (χ1n) is 5.75. The lowest BCUT2D eigenvalue weighted by Crippen LogP contribution is -2.44. The smallest absolute Gasteiger partial charge is 0.163 e. The second-order valence-electron chi connectivity index (χ2n) is 4.11. The summed E-state index contributed by atoms with van der Waals surface area (Å²) in [6.45, 7) is 7.08. The maximum atomic E-state index is 13.7. The molecule has 0 spiro atoms. The third-order valence-corrected chi connectivity index (χ3v) is 3.07. The summed E-state index contributed by atoms with van der Waals surface area (Å²) in [5, 5.41) is 3.23. The van der Waals surface area contributed by atoms with E-state index in [0.29, 0.717) is 5.56 Å². The minimum atomic E-state index is -0.801. The highest BCUT2D eigenvalue weighted by molar-refractivity contribution is 5.85. The van der Waals surface area contributed by atoms with Crippen LogP contribution in [0.2, 0.25) is 0 Å². The van der Waals surface area contributed by atoms with E-state index < -0.39 is 11.6 Å². The predicted molar refractivity (Wildman–Crippen MR) is 78.2 cm³/mol. The van der Waals surface area contributed by atoms with Gasteiger partial charge in [-0.2, -0.15) is 0 Å². The number of piperazine rings is 1. The molecule has 1 aromatic rings. The second-order valence-corrected chi connectivity index (χ2v) is 4.11. The molecule has 1 atom stereocenters. The van der Waals surface area contributed by atoms with E-state index in [1.165, 1.54) is 6.07 Å². The Hall–Kier alpha value is -0.680. The van der Waals surface area contributed by atoms with E-state index in [9.17, 15) is 8.78 Å². The zero-order valence-corrected chi connectivity index (χ0v) is 12.1. The van der Waals surface area contributed by atoms with Crippen LogP contribution in [0.15, 0.2) is 30.9 Å². The number of hydrogen-bond acceptors (Lipinski definition) is 2. The van der Waals surface area contributed by atoms with E-state index in [1.54, 1.807) is 12.1 Å². The fraction of sp³-hybridized carbons (Fsp3) is 0.385. The summed E-state index contributed by atoms with van der Waals surface area (Å²) in [6.07, 6.45) is 1.67. The molecule has 1 aromatic carbocycles. The van der Waals surface area contributed by atoms with Gasteiger partial charge >= 0.3 is 0 Å². The van der Waals surface area contributed by atoms with E-state index in [-0.39, 0.29) is 30.9 Å². The fourth-order valence-electron chi connectivity index (χ4n) is 2.18. The van der Waals surface area contributed by atoms with Gasteiger partial charge in [-0.25, -0.2) is 8.78 Å². The van der Waals surface area contributed by atoms with E-state index in [4.69, 9.17) is 0 Å². The van der Waals surface area contributed by atoms with Gasteiger partial charge in [0, 0.05) is 31.7 Å². The van der Waals surface area contributed by atoms with Crippen molar-refractivity contribution in [1.82, 2.24) is 10.2 Å². The molecule has 2 rings (SSSR count). The van der Waals surface area contributed by atoms with Crippen molar-refractivity contribution in [1.29, 1.82) is 0 Å². The Labute approximate surface area is 124 Å². The molecule has 1 saturated heterocycles. The Morgan fingerprint density at radius 1 is 1.21 bits per heavy atom. The molecule has 0 unspecified atom stereocenters. The van der Waals surface area contributed by atoms with Crippen LogP contribution in [0.1, 0.15) is 11.6 Å². The Morgan fingerprint density at radius 3 is 2.42 bits per heavy atom. The monoisotopic (exact) mass is 310 g/mol. The Bertz CT molecular complexity index is 410. The Kier molecular flexibility index (Phi) is 8.18. The molecule has 1 heterocycles. The lowest BCUT2D eigenvalue weighted by Gasteiger charge is -2.33. The van der Waals surface area contributed by atoms with Crippen LogP contribution in [0, 0.1) is 11.6 Å². The summed E-state index contributed by atoms with van der Waals surface area (Å²) in [5.74, 6) is -1.57. The third kappa shape index (κ3) is 4.14. The summed E-state index contributed by atoms with van der Waals surface area (Å²) in [4.78, 5) is 2.10. The standard InChI is InChI=1S/C13H16F2N2.2ClH/c1-2-12(17-8-6-16-7-9-17)10-4-3-5-11(14)13(10)15;;/h2-5,12,16H,1,6-9H2;2*1H/t12-;;/m0../s1. The Morgan fingerprint density at radius 2 is 1.84 bits per heavy atom. The molecular weight excluding hydrogens is 293 g/mol. The van der Waals surface area contributed by atoms with Gasteiger partial charge in [-0.3, -0.25) is 4.90 Å². The number of hydrogen-bond donors (Lipinski definition) is 1. The van der Waals surface area contributed by atoms with Gasteiger partial charge in [-0.15, -0.1) is 31.4 Å². The van der Waals surface area contributed by atoms with E-state index in [0.717, 1.165) is 32.2 Å². The number of rotatable bonds is 3. The molecule has 0 saturated carbocycles. The molecule has 0 amide bonds. The minimum absolute atomic E-state index is 0. The van der Waals surface area contributed by atoms with Crippen molar-refractivity contribution in [2.24, 2.45) is 0 Å². The molecule has 1 N–H and O–H groups in total. The van der Waals surface area contributed by atoms with Gasteiger partial charge in [0.2, 0.25) is 0 Å². The molecule has 0 aliphatic carbocycles. The summed E-state index contributed by atoms with van der Waals surface area (Å²) in [5.41, 5.74) is 0.363. The molecule has 0 aromatic heterocycles. The van der Waals surface area contributed by atoms with E-state index >= 15 is 0 Å². The van der Waals surface area contributed by atoms with Crippen LogP contribution in [0.25, 0.3) is 0 Å². The van der Waals surface area contributed by atoms with Gasteiger partial charge in [0.15, 0.2) is 11.6 Å². The minimum Gasteiger partial charge on any atom is -0.314 e. The van der Waals surface area contributed by atoms with Crippen molar-refractivity contribution in [2.45, 2.75) is 6.04 Å². The molecule has 1 aliphatic heterocycles. The highest BCUT2D eigenvalue weighted by atomic mass is 35.5. The first-order chi connectivity index (χ1) is 8.24. The summed E-state index contributed by atoms with van der Waals surface area (Å²) < 4.78 is 26.9. The maximum Gasteiger partial charge on any atom is 0.163 e. The average Bonchev–Trinajstić information content (AvgIpc) is 2.37. The van der Waals surface area contributed by atoms with Crippen molar-refractivity contribution in [3.05, 3.63) is 48.1 Å². The predicted octanol–water partition coefficient (Wildman–Crippen LogP) is 2.94. The van der Waals surface area contributed by atoms with Crippen LogP contribution in [-0.4, -0.2) is 31.1 Å². The number of nitrogens with one attached hydrogen (secondary N) is 1. The van der Waals surface area contributed by atoms with E-state index in [2.05, 4.69) is 16.8 Å². The SMILES string of the molecule is C=C[C@@H](c1cccc(F)c1F)N1CCNCC1.Cl.Cl. The zero-order chi connectivity index (χ0) is 12.3. The molecule has 2 nitrogen and oxygen atoms in total. The second kappa shape index (κ2) is 8.48. The molecule has 0 radical (unpaired) electrons. The van der Waals surface area contributed by atoms with Gasteiger partial charge in [-0.1, -0.05) is 18.2 Å². The van der Waals surface area contributed by atoms with Crippen LogP contribution in [0.5, 0.6) is 0 Å². The molecule has 6 heteroatoms. The van der Waals surface area contributed by atoms with E-state index in [1.807, 2.05) is 0 Å². The van der Waals surface area contributed by atoms with Gasteiger partial charge < -0.3 is 5.32 Å². The first kappa shape index (κ1) is 18.3. The maximum absolute atomic E-state index is 13.7. The molecular formula is C13H18Cl2F2N2. The van der Waals surface area contributed by atoms with Crippen molar-refractivity contribution in [2.75, 3.05) is 26.2 Å². The zero-order valence-electron chi connectivity index (χ0n) is 10.4. The van der Waals surface area contributed by atoms with Crippen LogP contribution >= 0.6 is 24.8 Å². The number of benzene rings is 1. The van der Waals surface area contributed by atoms with Gasteiger partial charge in [0.25, 0.3) is 0 Å². The molecule has 19 heavy (non-hydrogen) atoms. The number of nitrogens with zero attached hydrogens (tertiary/aromatic N) is 1. The van der Waals surface area contributed by atoms with Crippen LogP contribution < -0.4 is 5.32 Å². The van der Waals surface area contributed by atoms with Crippen LogP contribution in [0.4, 0.5) is 8.78 Å². The van der Waals surface area contributed by atoms with Crippen molar-refractivity contribution in [3.8, 4) is 0 Å². The quantitative estimate of drug-likeness (QED) is 0.864. The van der Waals surface area contributed by atoms with Gasteiger partial charge in [0.05, 0.1) is 6.04 Å². The summed E-state index contributed by atoms with van der Waals surface area (Å²) in [7, 11) is 0. The van der Waals surface area contributed by atoms with Crippen molar-refractivity contribution < 1.29 is 8.78 Å². The largest absolute Gasteiger partial charge is 0.314 e. The molecule has 0 bridgehead atoms. The Balaban J connectivity index is 0.00000162.